The van der Waals surface area contributed by atoms with Crippen LogP contribution >= 0.6 is 0 Å². The SMILES string of the molecule is CCO[C@@H]1OC(C(=O)O)=C[C@H](C)[C@@H]1CCCO. The van der Waals surface area contributed by atoms with Gasteiger partial charge in [-0.3, -0.25) is 0 Å². The molecule has 2 N–H and O–H groups in total. The molecule has 1 heterocycles. The lowest BCUT2D eigenvalue weighted by atomic mass is 9.87. The average molecular weight is 244 g/mol. The third kappa shape index (κ3) is 3.71. The van der Waals surface area contributed by atoms with Crippen LogP contribution < -0.4 is 0 Å². The summed E-state index contributed by atoms with van der Waals surface area (Å²) in [6, 6.07) is 0. The topological polar surface area (TPSA) is 76.0 Å². The molecule has 0 bridgehead atoms. The summed E-state index contributed by atoms with van der Waals surface area (Å²) in [6.45, 7) is 4.38. The number of aliphatic carboxylic acids is 1. The largest absolute Gasteiger partial charge is 0.475 e. The quantitative estimate of drug-likeness (QED) is 0.738. The van der Waals surface area contributed by atoms with E-state index in [-0.39, 0.29) is 24.2 Å². The molecule has 0 aromatic heterocycles. The Morgan fingerprint density at radius 1 is 1.59 bits per heavy atom. The molecule has 1 aliphatic rings. The zero-order valence-corrected chi connectivity index (χ0v) is 10.3. The number of ether oxygens (including phenoxy) is 2. The van der Waals surface area contributed by atoms with Crippen LogP contribution in [0, 0.1) is 11.8 Å². The number of hydrogen-bond donors (Lipinski definition) is 2. The van der Waals surface area contributed by atoms with Crippen molar-refractivity contribution in [1.29, 1.82) is 0 Å². The smallest absolute Gasteiger partial charge is 0.370 e. The number of aliphatic hydroxyl groups is 1. The number of carboxylic acid groups (broad SMARTS) is 1. The number of hydrogen-bond acceptors (Lipinski definition) is 4. The summed E-state index contributed by atoms with van der Waals surface area (Å²) in [6.07, 6.45) is 2.50. The Balaban J connectivity index is 2.76. The van der Waals surface area contributed by atoms with E-state index < -0.39 is 12.3 Å². The van der Waals surface area contributed by atoms with E-state index in [0.717, 1.165) is 6.42 Å². The lowest BCUT2D eigenvalue weighted by molar-refractivity contribution is -0.176. The Kier molecular flexibility index (Phi) is 5.44. The first-order valence-electron chi connectivity index (χ1n) is 5.94. The standard InChI is InChI=1S/C12H20O5/c1-3-16-12-9(5-4-6-13)8(2)7-10(17-12)11(14)15/h7-9,12-13H,3-6H2,1-2H3,(H,14,15)/t8-,9-,12+/m0/s1. The highest BCUT2D eigenvalue weighted by Crippen LogP contribution is 2.32. The Morgan fingerprint density at radius 3 is 2.82 bits per heavy atom. The van der Waals surface area contributed by atoms with Gasteiger partial charge in [-0.25, -0.2) is 4.79 Å². The van der Waals surface area contributed by atoms with E-state index in [9.17, 15) is 4.79 Å². The Hall–Kier alpha value is -1.07. The van der Waals surface area contributed by atoms with Crippen LogP contribution in [0.25, 0.3) is 0 Å². The van der Waals surface area contributed by atoms with Gasteiger partial charge in [0.1, 0.15) is 0 Å². The second-order valence-corrected chi connectivity index (χ2v) is 4.17. The molecule has 17 heavy (non-hydrogen) atoms. The molecular weight excluding hydrogens is 224 g/mol. The Labute approximate surface area is 101 Å². The van der Waals surface area contributed by atoms with E-state index >= 15 is 0 Å². The van der Waals surface area contributed by atoms with Crippen LogP contribution in [0.4, 0.5) is 0 Å². The number of carboxylic acids is 1. The van der Waals surface area contributed by atoms with Gasteiger partial charge in [0.15, 0.2) is 0 Å². The van der Waals surface area contributed by atoms with E-state index in [2.05, 4.69) is 0 Å². The van der Waals surface area contributed by atoms with Gasteiger partial charge in [0.05, 0.1) is 0 Å². The van der Waals surface area contributed by atoms with E-state index in [1.807, 2.05) is 13.8 Å². The summed E-state index contributed by atoms with van der Waals surface area (Å²) in [5.74, 6) is -0.957. The van der Waals surface area contributed by atoms with Crippen molar-refractivity contribution in [2.45, 2.75) is 33.0 Å². The lowest BCUT2D eigenvalue weighted by Gasteiger charge is -2.34. The normalized spacial score (nSPS) is 28.4. The summed E-state index contributed by atoms with van der Waals surface area (Å²) in [4.78, 5) is 10.9. The number of rotatable bonds is 6. The maximum atomic E-state index is 10.9. The molecule has 0 aromatic carbocycles. The van der Waals surface area contributed by atoms with Gasteiger partial charge >= 0.3 is 5.97 Å². The highest BCUT2D eigenvalue weighted by atomic mass is 16.7. The monoisotopic (exact) mass is 244 g/mol. The second kappa shape index (κ2) is 6.61. The van der Waals surface area contributed by atoms with E-state index in [0.29, 0.717) is 13.0 Å². The molecule has 0 radical (unpaired) electrons. The summed E-state index contributed by atoms with van der Waals surface area (Å²) in [5, 5.41) is 17.8. The third-order valence-corrected chi connectivity index (χ3v) is 2.92. The lowest BCUT2D eigenvalue weighted by Crippen LogP contribution is -2.36. The van der Waals surface area contributed by atoms with Crippen molar-refractivity contribution in [2.75, 3.05) is 13.2 Å². The Morgan fingerprint density at radius 2 is 2.29 bits per heavy atom. The van der Waals surface area contributed by atoms with Crippen molar-refractivity contribution in [3.8, 4) is 0 Å². The van der Waals surface area contributed by atoms with Crippen LogP contribution in [0.15, 0.2) is 11.8 Å². The maximum absolute atomic E-state index is 10.9. The summed E-state index contributed by atoms with van der Waals surface area (Å²) in [5.41, 5.74) is 0. The van der Waals surface area contributed by atoms with E-state index in [4.69, 9.17) is 19.7 Å². The molecule has 5 nitrogen and oxygen atoms in total. The molecule has 1 rings (SSSR count). The predicted molar refractivity (Wildman–Crippen MR) is 61.2 cm³/mol. The van der Waals surface area contributed by atoms with Gasteiger partial charge in [-0.15, -0.1) is 0 Å². The Bertz CT molecular complexity index is 287. The molecule has 5 heteroatoms. The van der Waals surface area contributed by atoms with E-state index in [1.165, 1.54) is 0 Å². The first kappa shape index (κ1) is 14.0. The first-order valence-corrected chi connectivity index (χ1v) is 5.94. The van der Waals surface area contributed by atoms with Crippen molar-refractivity contribution >= 4 is 5.97 Å². The van der Waals surface area contributed by atoms with Crippen LogP contribution in [0.1, 0.15) is 26.7 Å². The third-order valence-electron chi connectivity index (χ3n) is 2.92. The van der Waals surface area contributed by atoms with Crippen LogP contribution in [0.2, 0.25) is 0 Å². The summed E-state index contributed by atoms with van der Waals surface area (Å²) >= 11 is 0. The average Bonchev–Trinajstić information content (AvgIpc) is 2.28. The molecule has 0 aliphatic carbocycles. The first-order chi connectivity index (χ1) is 8.10. The summed E-state index contributed by atoms with van der Waals surface area (Å²) in [7, 11) is 0. The van der Waals surface area contributed by atoms with Gasteiger partial charge in [-0.05, 0) is 31.8 Å². The predicted octanol–water partition coefficient (Wildman–Crippen LogP) is 1.37. The molecule has 0 spiro atoms. The van der Waals surface area contributed by atoms with Gasteiger partial charge in [0.2, 0.25) is 12.0 Å². The number of allylic oxidation sites excluding steroid dienone is 1. The van der Waals surface area contributed by atoms with Gasteiger partial charge < -0.3 is 19.7 Å². The molecule has 3 atom stereocenters. The number of carbonyl (C=O) groups is 1. The van der Waals surface area contributed by atoms with Crippen molar-refractivity contribution in [2.24, 2.45) is 11.8 Å². The second-order valence-electron chi connectivity index (χ2n) is 4.17. The fraction of sp³-hybridized carbons (Fsp3) is 0.750. The molecule has 0 saturated carbocycles. The highest BCUT2D eigenvalue weighted by molar-refractivity contribution is 5.84. The molecule has 0 unspecified atom stereocenters. The zero-order chi connectivity index (χ0) is 12.8. The molecule has 0 saturated heterocycles. The van der Waals surface area contributed by atoms with Crippen LogP contribution in [-0.2, 0) is 14.3 Å². The molecule has 0 aromatic rings. The van der Waals surface area contributed by atoms with Crippen LogP contribution in [0.5, 0.6) is 0 Å². The molecule has 0 fully saturated rings. The minimum Gasteiger partial charge on any atom is -0.475 e. The molecule has 0 amide bonds. The maximum Gasteiger partial charge on any atom is 0.370 e. The highest BCUT2D eigenvalue weighted by Gasteiger charge is 2.34. The fourth-order valence-electron chi connectivity index (χ4n) is 2.03. The van der Waals surface area contributed by atoms with Crippen molar-refractivity contribution in [3.05, 3.63) is 11.8 Å². The van der Waals surface area contributed by atoms with Crippen molar-refractivity contribution in [1.82, 2.24) is 0 Å². The van der Waals surface area contributed by atoms with Gasteiger partial charge in [-0.2, -0.15) is 0 Å². The van der Waals surface area contributed by atoms with E-state index in [1.54, 1.807) is 6.08 Å². The number of aliphatic hydroxyl groups excluding tert-OH is 1. The molecule has 98 valence electrons. The molecule has 1 aliphatic heterocycles. The zero-order valence-electron chi connectivity index (χ0n) is 10.3. The van der Waals surface area contributed by atoms with Crippen LogP contribution in [-0.4, -0.2) is 35.7 Å². The minimum absolute atomic E-state index is 0.0452. The van der Waals surface area contributed by atoms with Crippen molar-refractivity contribution < 1.29 is 24.5 Å². The minimum atomic E-state index is -1.07. The van der Waals surface area contributed by atoms with Gasteiger partial charge in [0, 0.05) is 19.1 Å². The molecular formula is C12H20O5. The van der Waals surface area contributed by atoms with Gasteiger partial charge in [-0.1, -0.05) is 6.92 Å². The van der Waals surface area contributed by atoms with Gasteiger partial charge in [0.25, 0.3) is 0 Å². The fourth-order valence-corrected chi connectivity index (χ4v) is 2.03. The van der Waals surface area contributed by atoms with Crippen LogP contribution in [0.3, 0.4) is 0 Å². The van der Waals surface area contributed by atoms with Crippen molar-refractivity contribution in [3.63, 3.8) is 0 Å². The summed E-state index contributed by atoms with van der Waals surface area (Å²) < 4.78 is 10.8.